The summed E-state index contributed by atoms with van der Waals surface area (Å²) >= 11 is 1.35. The second-order valence-electron chi connectivity index (χ2n) is 8.64. The van der Waals surface area contributed by atoms with Gasteiger partial charge in [-0.1, -0.05) is 56.8 Å². The van der Waals surface area contributed by atoms with Gasteiger partial charge in [-0.15, -0.1) is 10.2 Å². The second-order valence-corrected chi connectivity index (χ2v) is 9.58. The van der Waals surface area contributed by atoms with Crippen molar-refractivity contribution >= 4 is 23.4 Å². The Bertz CT molecular complexity index is 1040. The summed E-state index contributed by atoms with van der Waals surface area (Å²) in [6.45, 7) is 10.5. The standard InChI is InChI=1S/C24H30N4O2S/c1-16-8-7-9-19(14-16)25-21(29)15-31-23-27-26-22(28(23)6)17(2)30-20-12-10-18(11-13-20)24(3,4)5/h7-14,17H,15H2,1-6H3,(H,25,29). The molecule has 164 valence electrons. The number of carbonyl (C=O) groups is 1. The Morgan fingerprint density at radius 3 is 2.52 bits per heavy atom. The number of anilines is 1. The van der Waals surface area contributed by atoms with E-state index in [0.717, 1.165) is 17.0 Å². The molecule has 2 aromatic carbocycles. The summed E-state index contributed by atoms with van der Waals surface area (Å²) in [5.41, 5.74) is 3.26. The van der Waals surface area contributed by atoms with E-state index in [4.69, 9.17) is 4.74 Å². The van der Waals surface area contributed by atoms with E-state index in [2.05, 4.69) is 48.4 Å². The fraction of sp³-hybridized carbons (Fsp3) is 0.375. The lowest BCUT2D eigenvalue weighted by atomic mass is 9.87. The van der Waals surface area contributed by atoms with E-state index in [1.807, 2.05) is 61.9 Å². The molecule has 0 radical (unpaired) electrons. The average molecular weight is 439 g/mol. The van der Waals surface area contributed by atoms with Crippen molar-refractivity contribution in [2.45, 2.75) is 51.3 Å². The molecule has 1 aromatic heterocycles. The fourth-order valence-electron chi connectivity index (χ4n) is 3.15. The maximum atomic E-state index is 12.3. The number of aryl methyl sites for hydroxylation is 1. The molecule has 0 saturated carbocycles. The van der Waals surface area contributed by atoms with Crippen molar-refractivity contribution in [3.63, 3.8) is 0 Å². The topological polar surface area (TPSA) is 69.0 Å². The van der Waals surface area contributed by atoms with Crippen molar-refractivity contribution in [2.24, 2.45) is 7.05 Å². The fourth-order valence-corrected chi connectivity index (χ4v) is 3.86. The number of carbonyl (C=O) groups excluding carboxylic acids is 1. The zero-order valence-electron chi connectivity index (χ0n) is 19.0. The molecule has 1 heterocycles. The van der Waals surface area contributed by atoms with E-state index in [1.165, 1.54) is 17.3 Å². The molecule has 1 atom stereocenters. The molecule has 0 bridgehead atoms. The third kappa shape index (κ3) is 6.10. The van der Waals surface area contributed by atoms with E-state index in [0.29, 0.717) is 11.0 Å². The van der Waals surface area contributed by atoms with Crippen LogP contribution in [0.3, 0.4) is 0 Å². The largest absolute Gasteiger partial charge is 0.483 e. The van der Waals surface area contributed by atoms with E-state index < -0.39 is 0 Å². The highest BCUT2D eigenvalue weighted by Crippen LogP contribution is 2.27. The number of ether oxygens (including phenoxy) is 1. The number of thioether (sulfide) groups is 1. The van der Waals surface area contributed by atoms with Crippen LogP contribution in [-0.4, -0.2) is 26.4 Å². The Morgan fingerprint density at radius 2 is 1.87 bits per heavy atom. The monoisotopic (exact) mass is 438 g/mol. The van der Waals surface area contributed by atoms with Crippen LogP contribution < -0.4 is 10.1 Å². The van der Waals surface area contributed by atoms with Crippen molar-refractivity contribution in [1.29, 1.82) is 0 Å². The van der Waals surface area contributed by atoms with Gasteiger partial charge in [0, 0.05) is 12.7 Å². The van der Waals surface area contributed by atoms with Gasteiger partial charge in [-0.05, 0) is 54.7 Å². The number of hydrogen-bond acceptors (Lipinski definition) is 5. The predicted octanol–water partition coefficient (Wildman–Crippen LogP) is 5.29. The lowest BCUT2D eigenvalue weighted by Gasteiger charge is -2.20. The van der Waals surface area contributed by atoms with Gasteiger partial charge in [-0.2, -0.15) is 0 Å². The molecular weight excluding hydrogens is 408 g/mol. The number of rotatable bonds is 7. The first-order valence-corrected chi connectivity index (χ1v) is 11.3. The Morgan fingerprint density at radius 1 is 1.16 bits per heavy atom. The summed E-state index contributed by atoms with van der Waals surface area (Å²) in [5, 5.41) is 12.1. The number of amides is 1. The molecule has 6 nitrogen and oxygen atoms in total. The van der Waals surface area contributed by atoms with Crippen LogP contribution in [0.2, 0.25) is 0 Å². The minimum absolute atomic E-state index is 0.0802. The zero-order chi connectivity index (χ0) is 22.6. The maximum Gasteiger partial charge on any atom is 0.234 e. The number of nitrogens with zero attached hydrogens (tertiary/aromatic N) is 3. The highest BCUT2D eigenvalue weighted by Gasteiger charge is 2.19. The number of aromatic nitrogens is 3. The quantitative estimate of drug-likeness (QED) is 0.508. The van der Waals surface area contributed by atoms with E-state index in [-0.39, 0.29) is 23.2 Å². The first kappa shape index (κ1) is 22.9. The van der Waals surface area contributed by atoms with Gasteiger partial charge in [0.2, 0.25) is 5.91 Å². The SMILES string of the molecule is Cc1cccc(NC(=O)CSc2nnc(C(C)Oc3ccc(C(C)(C)C)cc3)n2C)c1. The number of hydrogen-bond donors (Lipinski definition) is 1. The molecule has 1 unspecified atom stereocenters. The first-order chi connectivity index (χ1) is 14.6. The third-order valence-electron chi connectivity index (χ3n) is 4.90. The van der Waals surface area contributed by atoms with Gasteiger partial charge in [0.15, 0.2) is 17.1 Å². The molecule has 0 aliphatic heterocycles. The lowest BCUT2D eigenvalue weighted by molar-refractivity contribution is -0.113. The van der Waals surface area contributed by atoms with Gasteiger partial charge in [-0.25, -0.2) is 0 Å². The molecular formula is C24H30N4O2S. The van der Waals surface area contributed by atoms with Gasteiger partial charge in [-0.3, -0.25) is 4.79 Å². The third-order valence-corrected chi connectivity index (χ3v) is 5.92. The smallest absolute Gasteiger partial charge is 0.234 e. The molecule has 3 rings (SSSR count). The molecule has 31 heavy (non-hydrogen) atoms. The van der Waals surface area contributed by atoms with Gasteiger partial charge in [0.1, 0.15) is 5.75 Å². The van der Waals surface area contributed by atoms with Crippen LogP contribution in [0.4, 0.5) is 5.69 Å². The number of nitrogens with one attached hydrogen (secondary N) is 1. The molecule has 3 aromatic rings. The Balaban J connectivity index is 1.58. The highest BCUT2D eigenvalue weighted by molar-refractivity contribution is 7.99. The number of benzene rings is 2. The molecule has 0 fully saturated rings. The zero-order valence-corrected chi connectivity index (χ0v) is 19.8. The molecule has 0 spiro atoms. The van der Waals surface area contributed by atoms with E-state index >= 15 is 0 Å². The summed E-state index contributed by atoms with van der Waals surface area (Å²) in [7, 11) is 1.89. The van der Waals surface area contributed by atoms with Crippen molar-refractivity contribution in [1.82, 2.24) is 14.8 Å². The van der Waals surface area contributed by atoms with E-state index in [9.17, 15) is 4.79 Å². The van der Waals surface area contributed by atoms with Gasteiger partial charge < -0.3 is 14.6 Å². The van der Waals surface area contributed by atoms with E-state index in [1.54, 1.807) is 0 Å². The predicted molar refractivity (Wildman–Crippen MR) is 126 cm³/mol. The summed E-state index contributed by atoms with van der Waals surface area (Å²) in [4.78, 5) is 12.3. The van der Waals surface area contributed by atoms with Crippen molar-refractivity contribution in [3.8, 4) is 5.75 Å². The summed E-state index contributed by atoms with van der Waals surface area (Å²) in [6.07, 6.45) is -0.270. The van der Waals surface area contributed by atoms with Crippen LogP contribution in [0.25, 0.3) is 0 Å². The summed E-state index contributed by atoms with van der Waals surface area (Å²) in [6, 6.07) is 15.9. The first-order valence-electron chi connectivity index (χ1n) is 10.3. The van der Waals surface area contributed by atoms with Crippen molar-refractivity contribution in [3.05, 3.63) is 65.5 Å². The summed E-state index contributed by atoms with van der Waals surface area (Å²) < 4.78 is 7.94. The molecule has 7 heteroatoms. The average Bonchev–Trinajstić information content (AvgIpc) is 3.06. The highest BCUT2D eigenvalue weighted by atomic mass is 32.2. The Kier molecular flexibility index (Phi) is 7.05. The minimum Gasteiger partial charge on any atom is -0.483 e. The summed E-state index contributed by atoms with van der Waals surface area (Å²) in [5.74, 6) is 1.67. The molecule has 0 saturated heterocycles. The van der Waals surface area contributed by atoms with Gasteiger partial charge in [0.25, 0.3) is 0 Å². The van der Waals surface area contributed by atoms with Crippen molar-refractivity contribution < 1.29 is 9.53 Å². The normalized spacial score (nSPS) is 12.5. The molecule has 0 aliphatic rings. The second kappa shape index (κ2) is 9.56. The molecule has 1 N–H and O–H groups in total. The van der Waals surface area contributed by atoms with Crippen LogP contribution in [0, 0.1) is 6.92 Å². The molecule has 0 aliphatic carbocycles. The van der Waals surface area contributed by atoms with Gasteiger partial charge in [0.05, 0.1) is 5.75 Å². The van der Waals surface area contributed by atoms with Crippen LogP contribution in [-0.2, 0) is 17.3 Å². The maximum absolute atomic E-state index is 12.3. The van der Waals surface area contributed by atoms with Crippen molar-refractivity contribution in [2.75, 3.05) is 11.1 Å². The Labute approximate surface area is 188 Å². The minimum atomic E-state index is -0.270. The van der Waals surface area contributed by atoms with Crippen LogP contribution in [0.5, 0.6) is 5.75 Å². The Hall–Kier alpha value is -2.80. The van der Waals surface area contributed by atoms with Gasteiger partial charge >= 0.3 is 0 Å². The molecule has 1 amide bonds. The van der Waals surface area contributed by atoms with Crippen LogP contribution in [0.15, 0.2) is 53.7 Å². The van der Waals surface area contributed by atoms with Crippen LogP contribution in [0.1, 0.15) is 50.8 Å². The van der Waals surface area contributed by atoms with Crippen LogP contribution >= 0.6 is 11.8 Å². The lowest BCUT2D eigenvalue weighted by Crippen LogP contribution is -2.15.